The van der Waals surface area contributed by atoms with Gasteiger partial charge in [0.25, 0.3) is 0 Å². The molecule has 0 heterocycles. The summed E-state index contributed by atoms with van der Waals surface area (Å²) in [5.41, 5.74) is -2.88. The van der Waals surface area contributed by atoms with E-state index in [0.29, 0.717) is 0 Å². The Balaban J connectivity index is 4.63. The average molecular weight is 192 g/mol. The molecule has 4 heteroatoms. The van der Waals surface area contributed by atoms with Crippen molar-refractivity contribution in [3.8, 4) is 0 Å². The normalized spacial score (nSPS) is 22.2. The molecule has 0 aromatic heterocycles. The fourth-order valence-electron chi connectivity index (χ4n) is 1.17. The zero-order valence-electron chi connectivity index (χ0n) is 8.65. The van der Waals surface area contributed by atoms with Crippen LogP contribution in [0.2, 0.25) is 0 Å². The van der Waals surface area contributed by atoms with Crippen LogP contribution in [0.1, 0.15) is 27.7 Å². The van der Waals surface area contributed by atoms with Crippen LogP contribution in [0.4, 0.5) is 0 Å². The second kappa shape index (κ2) is 3.92. The Hall–Kier alpha value is -0.160. The van der Waals surface area contributed by atoms with Crippen LogP contribution in [-0.4, -0.2) is 44.3 Å². The van der Waals surface area contributed by atoms with E-state index in [4.69, 9.17) is 5.11 Å². The monoisotopic (exact) mass is 192 g/mol. The van der Waals surface area contributed by atoms with Crippen LogP contribution in [0.25, 0.3) is 0 Å². The molecule has 0 aliphatic heterocycles. The first kappa shape index (κ1) is 12.8. The SMILES string of the molecule is CC(CO)C(C)(O)C(O)C(C)(C)O. The third-order valence-corrected chi connectivity index (χ3v) is 2.49. The van der Waals surface area contributed by atoms with E-state index in [0.717, 1.165) is 0 Å². The molecule has 0 saturated heterocycles. The molecule has 0 saturated carbocycles. The largest absolute Gasteiger partial charge is 0.396 e. The predicted molar refractivity (Wildman–Crippen MR) is 49.2 cm³/mol. The smallest absolute Gasteiger partial charge is 0.111 e. The Morgan fingerprint density at radius 1 is 1.15 bits per heavy atom. The van der Waals surface area contributed by atoms with E-state index in [1.54, 1.807) is 6.92 Å². The second-order valence-corrected chi connectivity index (χ2v) is 4.37. The van der Waals surface area contributed by atoms with Gasteiger partial charge in [-0.15, -0.1) is 0 Å². The third kappa shape index (κ3) is 2.91. The Bertz CT molecular complexity index is 159. The molecule has 0 aliphatic rings. The average Bonchev–Trinajstić information content (AvgIpc) is 1.99. The van der Waals surface area contributed by atoms with Gasteiger partial charge in [-0.3, -0.25) is 0 Å². The lowest BCUT2D eigenvalue weighted by Crippen LogP contribution is -2.56. The number of aliphatic hydroxyl groups excluding tert-OH is 2. The maximum Gasteiger partial charge on any atom is 0.111 e. The van der Waals surface area contributed by atoms with E-state index in [9.17, 15) is 15.3 Å². The van der Waals surface area contributed by atoms with Crippen molar-refractivity contribution in [2.75, 3.05) is 6.61 Å². The molecule has 0 amide bonds. The van der Waals surface area contributed by atoms with E-state index >= 15 is 0 Å². The van der Waals surface area contributed by atoms with Gasteiger partial charge in [0, 0.05) is 12.5 Å². The van der Waals surface area contributed by atoms with Crippen LogP contribution in [0.3, 0.4) is 0 Å². The molecule has 0 aromatic rings. The maximum atomic E-state index is 9.82. The van der Waals surface area contributed by atoms with Crippen molar-refractivity contribution >= 4 is 0 Å². The molecule has 0 fully saturated rings. The van der Waals surface area contributed by atoms with Crippen molar-refractivity contribution in [2.24, 2.45) is 5.92 Å². The summed E-state index contributed by atoms with van der Waals surface area (Å²) in [5.74, 6) is -0.492. The lowest BCUT2D eigenvalue weighted by molar-refractivity contribution is -0.176. The highest BCUT2D eigenvalue weighted by molar-refractivity contribution is 4.94. The lowest BCUT2D eigenvalue weighted by atomic mass is 9.79. The van der Waals surface area contributed by atoms with Gasteiger partial charge in [-0.2, -0.15) is 0 Å². The minimum Gasteiger partial charge on any atom is -0.396 e. The predicted octanol–water partition coefficient (Wildman–Crippen LogP) is -0.502. The number of hydrogen-bond acceptors (Lipinski definition) is 4. The van der Waals surface area contributed by atoms with Crippen molar-refractivity contribution in [1.29, 1.82) is 0 Å². The first-order valence-electron chi connectivity index (χ1n) is 4.37. The van der Waals surface area contributed by atoms with Crippen LogP contribution in [-0.2, 0) is 0 Å². The van der Waals surface area contributed by atoms with E-state index in [-0.39, 0.29) is 6.61 Å². The number of aliphatic hydroxyl groups is 4. The zero-order chi connectivity index (χ0) is 10.9. The second-order valence-electron chi connectivity index (χ2n) is 4.37. The summed E-state index contributed by atoms with van der Waals surface area (Å²) in [6.07, 6.45) is -1.29. The molecule has 0 rings (SSSR count). The van der Waals surface area contributed by atoms with Gasteiger partial charge in [0.1, 0.15) is 6.10 Å². The zero-order valence-corrected chi connectivity index (χ0v) is 8.65. The molecule has 13 heavy (non-hydrogen) atoms. The third-order valence-electron chi connectivity index (χ3n) is 2.49. The highest BCUT2D eigenvalue weighted by Gasteiger charge is 2.43. The fourth-order valence-corrected chi connectivity index (χ4v) is 1.17. The molecule has 80 valence electrons. The Labute approximate surface area is 78.8 Å². The standard InChI is InChI=1S/C9H20O4/c1-6(5-10)9(4,13)7(11)8(2,3)12/h6-7,10-13H,5H2,1-4H3. The molecular formula is C9H20O4. The highest BCUT2D eigenvalue weighted by atomic mass is 16.4. The van der Waals surface area contributed by atoms with Crippen molar-refractivity contribution in [3.63, 3.8) is 0 Å². The van der Waals surface area contributed by atoms with Crippen molar-refractivity contribution in [1.82, 2.24) is 0 Å². The summed E-state index contributed by atoms with van der Waals surface area (Å²) in [7, 11) is 0. The number of hydrogen-bond donors (Lipinski definition) is 4. The van der Waals surface area contributed by atoms with Gasteiger partial charge < -0.3 is 20.4 Å². The van der Waals surface area contributed by atoms with Crippen LogP contribution in [0.5, 0.6) is 0 Å². The molecule has 3 atom stereocenters. The Kier molecular flexibility index (Phi) is 3.87. The van der Waals surface area contributed by atoms with Gasteiger partial charge in [0.2, 0.25) is 0 Å². The molecule has 3 unspecified atom stereocenters. The van der Waals surface area contributed by atoms with Crippen molar-refractivity contribution in [3.05, 3.63) is 0 Å². The molecule has 0 aromatic carbocycles. The van der Waals surface area contributed by atoms with Crippen molar-refractivity contribution < 1.29 is 20.4 Å². The van der Waals surface area contributed by atoms with E-state index in [2.05, 4.69) is 0 Å². The molecule has 0 radical (unpaired) electrons. The molecule has 0 spiro atoms. The summed E-state index contributed by atoms with van der Waals surface area (Å²) in [4.78, 5) is 0. The van der Waals surface area contributed by atoms with Gasteiger partial charge in [-0.25, -0.2) is 0 Å². The van der Waals surface area contributed by atoms with Crippen LogP contribution in [0, 0.1) is 5.92 Å². The molecular weight excluding hydrogens is 172 g/mol. The molecule has 0 bridgehead atoms. The fraction of sp³-hybridized carbons (Fsp3) is 1.00. The van der Waals surface area contributed by atoms with E-state index in [1.165, 1.54) is 20.8 Å². The van der Waals surface area contributed by atoms with Crippen LogP contribution >= 0.6 is 0 Å². The van der Waals surface area contributed by atoms with Gasteiger partial charge in [0.15, 0.2) is 0 Å². The van der Waals surface area contributed by atoms with Gasteiger partial charge >= 0.3 is 0 Å². The summed E-state index contributed by atoms with van der Waals surface area (Å²) in [6.45, 7) is 5.60. The Morgan fingerprint density at radius 2 is 1.54 bits per heavy atom. The minimum atomic E-state index is -1.49. The van der Waals surface area contributed by atoms with Gasteiger partial charge in [0.05, 0.1) is 11.2 Å². The number of rotatable bonds is 4. The summed E-state index contributed by atoms with van der Waals surface area (Å²) in [5, 5.41) is 37.7. The highest BCUT2D eigenvalue weighted by Crippen LogP contribution is 2.27. The minimum absolute atomic E-state index is 0.236. The van der Waals surface area contributed by atoms with E-state index in [1.807, 2.05) is 0 Å². The van der Waals surface area contributed by atoms with E-state index < -0.39 is 23.2 Å². The van der Waals surface area contributed by atoms with Gasteiger partial charge in [-0.1, -0.05) is 6.92 Å². The summed E-state index contributed by atoms with van der Waals surface area (Å²) < 4.78 is 0. The first-order chi connectivity index (χ1) is 5.64. The molecule has 4 nitrogen and oxygen atoms in total. The maximum absolute atomic E-state index is 9.82. The summed E-state index contributed by atoms with van der Waals surface area (Å²) >= 11 is 0. The Morgan fingerprint density at radius 3 is 1.77 bits per heavy atom. The topological polar surface area (TPSA) is 80.9 Å². The first-order valence-corrected chi connectivity index (χ1v) is 4.37. The quantitative estimate of drug-likeness (QED) is 0.484. The lowest BCUT2D eigenvalue weighted by Gasteiger charge is -2.39. The van der Waals surface area contributed by atoms with Crippen molar-refractivity contribution in [2.45, 2.75) is 45.0 Å². The van der Waals surface area contributed by atoms with Crippen LogP contribution in [0.15, 0.2) is 0 Å². The molecule has 0 aliphatic carbocycles. The van der Waals surface area contributed by atoms with Crippen LogP contribution < -0.4 is 0 Å². The van der Waals surface area contributed by atoms with Gasteiger partial charge in [-0.05, 0) is 20.8 Å². The summed E-state index contributed by atoms with van der Waals surface area (Å²) in [6, 6.07) is 0. The molecule has 4 N–H and O–H groups in total.